The molecule has 0 atom stereocenters. The van der Waals surface area contributed by atoms with Gasteiger partial charge in [-0.2, -0.15) is 0 Å². The first-order chi connectivity index (χ1) is 6.75. The van der Waals surface area contributed by atoms with Crippen LogP contribution in [0.1, 0.15) is 5.56 Å². The molecule has 0 saturated heterocycles. The van der Waals surface area contributed by atoms with Crippen molar-refractivity contribution in [3.63, 3.8) is 0 Å². The standard InChI is InChI=1S/C10H10BrN3/c1-6-4-7(11)5-8-9(6)13-10-12-2-3-14(8)10/h4-5H,2-3H2,1H3,(H,12,13). The van der Waals surface area contributed by atoms with Crippen molar-refractivity contribution in [1.82, 2.24) is 9.55 Å². The molecule has 1 aliphatic rings. The van der Waals surface area contributed by atoms with Crippen molar-refractivity contribution in [2.75, 3.05) is 11.9 Å². The quantitative estimate of drug-likeness (QED) is 0.780. The van der Waals surface area contributed by atoms with E-state index in [-0.39, 0.29) is 0 Å². The summed E-state index contributed by atoms with van der Waals surface area (Å²) in [5.41, 5.74) is 3.55. The zero-order valence-corrected chi connectivity index (χ0v) is 9.43. The molecule has 0 spiro atoms. The summed E-state index contributed by atoms with van der Waals surface area (Å²) in [5.74, 6) is 1.00. The van der Waals surface area contributed by atoms with Gasteiger partial charge in [0.2, 0.25) is 5.95 Å². The average molecular weight is 252 g/mol. The molecule has 1 aliphatic heterocycles. The van der Waals surface area contributed by atoms with Crippen molar-refractivity contribution in [2.45, 2.75) is 13.5 Å². The van der Waals surface area contributed by atoms with E-state index in [1.165, 1.54) is 11.1 Å². The van der Waals surface area contributed by atoms with Gasteiger partial charge in [0.1, 0.15) is 0 Å². The van der Waals surface area contributed by atoms with Gasteiger partial charge in [-0.05, 0) is 24.6 Å². The second-order valence-electron chi connectivity index (χ2n) is 3.60. The summed E-state index contributed by atoms with van der Waals surface area (Å²) in [4.78, 5) is 4.56. The fraction of sp³-hybridized carbons (Fsp3) is 0.300. The Morgan fingerprint density at radius 3 is 3.21 bits per heavy atom. The summed E-state index contributed by atoms with van der Waals surface area (Å²) < 4.78 is 3.35. The maximum Gasteiger partial charge on any atom is 0.204 e. The highest BCUT2D eigenvalue weighted by Crippen LogP contribution is 2.28. The van der Waals surface area contributed by atoms with Crippen LogP contribution in [0, 0.1) is 6.92 Å². The lowest BCUT2D eigenvalue weighted by Gasteiger charge is -1.99. The van der Waals surface area contributed by atoms with Crippen molar-refractivity contribution >= 4 is 32.9 Å². The zero-order chi connectivity index (χ0) is 9.71. The fourth-order valence-corrected chi connectivity index (χ4v) is 2.55. The highest BCUT2D eigenvalue weighted by molar-refractivity contribution is 9.10. The number of anilines is 1. The van der Waals surface area contributed by atoms with Gasteiger partial charge < -0.3 is 9.88 Å². The van der Waals surface area contributed by atoms with Crippen molar-refractivity contribution in [2.24, 2.45) is 0 Å². The smallest absolute Gasteiger partial charge is 0.204 e. The lowest BCUT2D eigenvalue weighted by atomic mass is 10.2. The third-order valence-corrected chi connectivity index (χ3v) is 3.09. The number of imidazole rings is 1. The van der Waals surface area contributed by atoms with Gasteiger partial charge in [0, 0.05) is 17.6 Å². The van der Waals surface area contributed by atoms with Crippen molar-refractivity contribution in [3.05, 3.63) is 22.2 Å². The topological polar surface area (TPSA) is 29.9 Å². The van der Waals surface area contributed by atoms with Crippen LogP contribution in [-0.2, 0) is 6.54 Å². The first-order valence-electron chi connectivity index (χ1n) is 4.66. The number of fused-ring (bicyclic) bond motifs is 3. The molecule has 3 nitrogen and oxygen atoms in total. The number of nitrogens with zero attached hydrogens (tertiary/aromatic N) is 2. The minimum atomic E-state index is 0.990. The summed E-state index contributed by atoms with van der Waals surface area (Å²) in [6.07, 6.45) is 0. The third-order valence-electron chi connectivity index (χ3n) is 2.63. The number of hydrogen-bond acceptors (Lipinski definition) is 2. The van der Waals surface area contributed by atoms with E-state index in [9.17, 15) is 0 Å². The predicted octanol–water partition coefficient (Wildman–Crippen LogP) is 2.53. The molecule has 72 valence electrons. The Kier molecular flexibility index (Phi) is 1.62. The number of nitrogens with one attached hydrogen (secondary N) is 1. The highest BCUT2D eigenvalue weighted by Gasteiger charge is 2.16. The molecular formula is C10H10BrN3. The van der Waals surface area contributed by atoms with Crippen LogP contribution in [0.3, 0.4) is 0 Å². The second-order valence-corrected chi connectivity index (χ2v) is 4.52. The molecule has 1 aromatic carbocycles. The predicted molar refractivity (Wildman–Crippen MR) is 60.7 cm³/mol. The Balaban J connectivity index is 2.43. The SMILES string of the molecule is Cc1cc(Br)cc2c1nc1n2CCN1. The van der Waals surface area contributed by atoms with Gasteiger partial charge in [0.05, 0.1) is 11.0 Å². The van der Waals surface area contributed by atoms with Gasteiger partial charge in [0.15, 0.2) is 0 Å². The Morgan fingerprint density at radius 2 is 2.36 bits per heavy atom. The van der Waals surface area contributed by atoms with Gasteiger partial charge in [0.25, 0.3) is 0 Å². The van der Waals surface area contributed by atoms with Crippen LogP contribution in [0.15, 0.2) is 16.6 Å². The molecule has 14 heavy (non-hydrogen) atoms. The molecule has 0 amide bonds. The normalized spacial score (nSPS) is 14.4. The molecule has 1 N–H and O–H groups in total. The summed E-state index contributed by atoms with van der Waals surface area (Å²) >= 11 is 3.51. The molecule has 4 heteroatoms. The summed E-state index contributed by atoms with van der Waals surface area (Å²) in [7, 11) is 0. The van der Waals surface area contributed by atoms with E-state index in [2.05, 4.69) is 49.9 Å². The Morgan fingerprint density at radius 1 is 1.50 bits per heavy atom. The van der Waals surface area contributed by atoms with E-state index in [0.717, 1.165) is 29.0 Å². The van der Waals surface area contributed by atoms with Crippen LogP contribution < -0.4 is 5.32 Å². The Hall–Kier alpha value is -1.03. The lowest BCUT2D eigenvalue weighted by molar-refractivity contribution is 0.837. The summed E-state index contributed by atoms with van der Waals surface area (Å²) in [6, 6.07) is 4.23. The molecule has 0 unspecified atom stereocenters. The minimum absolute atomic E-state index is 0.990. The number of halogens is 1. The van der Waals surface area contributed by atoms with E-state index in [1.54, 1.807) is 0 Å². The van der Waals surface area contributed by atoms with Gasteiger partial charge in [-0.25, -0.2) is 4.98 Å². The highest BCUT2D eigenvalue weighted by atomic mass is 79.9. The van der Waals surface area contributed by atoms with Gasteiger partial charge in [-0.3, -0.25) is 0 Å². The third kappa shape index (κ3) is 1.00. The maximum absolute atomic E-state index is 4.56. The van der Waals surface area contributed by atoms with Crippen LogP contribution in [0.4, 0.5) is 5.95 Å². The van der Waals surface area contributed by atoms with E-state index < -0.39 is 0 Å². The number of aryl methyl sites for hydroxylation is 1. The molecule has 2 aromatic rings. The Bertz CT molecular complexity index is 516. The lowest BCUT2D eigenvalue weighted by Crippen LogP contribution is -1.95. The molecule has 0 radical (unpaired) electrons. The largest absolute Gasteiger partial charge is 0.354 e. The van der Waals surface area contributed by atoms with Crippen molar-refractivity contribution in [3.8, 4) is 0 Å². The second kappa shape index (κ2) is 2.73. The van der Waals surface area contributed by atoms with E-state index in [1.807, 2.05) is 0 Å². The average Bonchev–Trinajstić information content (AvgIpc) is 2.65. The van der Waals surface area contributed by atoms with Crippen LogP contribution in [0.2, 0.25) is 0 Å². The minimum Gasteiger partial charge on any atom is -0.354 e. The van der Waals surface area contributed by atoms with E-state index in [4.69, 9.17) is 0 Å². The van der Waals surface area contributed by atoms with Gasteiger partial charge >= 0.3 is 0 Å². The molecule has 1 aromatic heterocycles. The number of rotatable bonds is 0. The fourth-order valence-electron chi connectivity index (χ4n) is 1.99. The van der Waals surface area contributed by atoms with Gasteiger partial charge in [-0.1, -0.05) is 15.9 Å². The van der Waals surface area contributed by atoms with Crippen molar-refractivity contribution < 1.29 is 0 Å². The first kappa shape index (κ1) is 8.29. The van der Waals surface area contributed by atoms with Crippen LogP contribution in [0.5, 0.6) is 0 Å². The molecule has 0 fully saturated rings. The molecule has 0 bridgehead atoms. The number of aromatic nitrogens is 2. The zero-order valence-electron chi connectivity index (χ0n) is 7.84. The van der Waals surface area contributed by atoms with Crippen LogP contribution in [-0.4, -0.2) is 16.1 Å². The van der Waals surface area contributed by atoms with E-state index in [0.29, 0.717) is 0 Å². The molecule has 3 rings (SSSR count). The number of benzene rings is 1. The Labute approximate surface area is 90.3 Å². The summed E-state index contributed by atoms with van der Waals surface area (Å²) in [6.45, 7) is 4.10. The molecule has 2 heterocycles. The monoisotopic (exact) mass is 251 g/mol. The van der Waals surface area contributed by atoms with Crippen molar-refractivity contribution in [1.29, 1.82) is 0 Å². The van der Waals surface area contributed by atoms with Gasteiger partial charge in [-0.15, -0.1) is 0 Å². The molecule has 0 saturated carbocycles. The number of hydrogen-bond donors (Lipinski definition) is 1. The van der Waals surface area contributed by atoms with E-state index >= 15 is 0 Å². The maximum atomic E-state index is 4.56. The van der Waals surface area contributed by atoms with Crippen LogP contribution >= 0.6 is 15.9 Å². The first-order valence-corrected chi connectivity index (χ1v) is 5.45. The van der Waals surface area contributed by atoms with Crippen LogP contribution in [0.25, 0.3) is 11.0 Å². The summed E-state index contributed by atoms with van der Waals surface area (Å²) in [5, 5.41) is 3.27. The molecule has 0 aliphatic carbocycles. The molecular weight excluding hydrogens is 242 g/mol.